The molecule has 4 aromatic rings. The molecule has 1 aromatic carbocycles. The first kappa shape index (κ1) is 21.4. The quantitative estimate of drug-likeness (QED) is 0.454. The Morgan fingerprint density at radius 2 is 2.00 bits per heavy atom. The van der Waals surface area contributed by atoms with E-state index in [1.54, 1.807) is 22.0 Å². The minimum Gasteiger partial charge on any atom is -0.349 e. The summed E-state index contributed by atoms with van der Waals surface area (Å²) in [6, 6.07) is 3.82. The van der Waals surface area contributed by atoms with E-state index < -0.39 is 11.3 Å². The predicted octanol–water partition coefficient (Wildman–Crippen LogP) is 4.02. The highest BCUT2D eigenvalue weighted by atomic mass is 35.5. The van der Waals surface area contributed by atoms with Crippen LogP contribution in [-0.2, 0) is 7.05 Å². The molecule has 0 unspecified atom stereocenters. The molecule has 7 nitrogen and oxygen atoms in total. The van der Waals surface area contributed by atoms with Crippen LogP contribution in [0.1, 0.15) is 6.42 Å². The lowest BCUT2D eigenvalue weighted by Gasteiger charge is -2.53. The summed E-state index contributed by atoms with van der Waals surface area (Å²) in [6.07, 6.45) is 5.69. The monoisotopic (exact) mass is 479 g/mol. The second-order valence-electron chi connectivity index (χ2n) is 8.55. The fraction of sp³-hybridized carbons (Fsp3) is 0.381. The fourth-order valence-electron chi connectivity index (χ4n) is 4.71. The highest BCUT2D eigenvalue weighted by Gasteiger charge is 2.60. The van der Waals surface area contributed by atoms with Crippen molar-refractivity contribution >= 4 is 51.9 Å². The van der Waals surface area contributed by atoms with Gasteiger partial charge in [-0.3, -0.25) is 4.68 Å². The number of benzene rings is 1. The second-order valence-corrected chi connectivity index (χ2v) is 8.93. The molecule has 0 radical (unpaired) electrons. The van der Waals surface area contributed by atoms with Gasteiger partial charge in [-0.15, -0.1) is 12.4 Å². The van der Waals surface area contributed by atoms with Gasteiger partial charge in [0, 0.05) is 55.6 Å². The second kappa shape index (κ2) is 7.26. The molecule has 0 saturated carbocycles. The van der Waals surface area contributed by atoms with Crippen molar-refractivity contribution < 1.29 is 8.78 Å². The largest absolute Gasteiger partial charge is 0.349 e. The van der Waals surface area contributed by atoms with Crippen LogP contribution in [-0.4, -0.2) is 56.8 Å². The Kier molecular flexibility index (Phi) is 4.85. The van der Waals surface area contributed by atoms with E-state index in [2.05, 4.69) is 25.4 Å². The standard InChI is InChI=1S/C21H20ClF2N7.ClH/c1-30-8-14-15(29-30)3-2-12(17(14)22)13-6-27-19-18(13)26-7-16(28-19)31-5-4-20(9-25-10-20)21(23,24)11-31;/h2-3,6-8,25H,4-5,9-11H2,1H3,(H,27,28);1H. The number of aryl methyl sites for hydroxylation is 1. The first-order chi connectivity index (χ1) is 14.9. The Hall–Kier alpha value is -2.49. The van der Waals surface area contributed by atoms with Gasteiger partial charge in [-0.2, -0.15) is 5.10 Å². The molecule has 2 aliphatic rings. The molecule has 32 heavy (non-hydrogen) atoms. The van der Waals surface area contributed by atoms with Gasteiger partial charge in [0.05, 0.1) is 28.7 Å². The van der Waals surface area contributed by atoms with E-state index in [1.165, 1.54) is 0 Å². The summed E-state index contributed by atoms with van der Waals surface area (Å²) in [5.41, 5.74) is 2.73. The first-order valence-corrected chi connectivity index (χ1v) is 10.5. The van der Waals surface area contributed by atoms with Crippen molar-refractivity contribution in [2.45, 2.75) is 12.3 Å². The van der Waals surface area contributed by atoms with Crippen LogP contribution in [0.2, 0.25) is 5.02 Å². The van der Waals surface area contributed by atoms with Crippen LogP contribution >= 0.6 is 24.0 Å². The molecular weight excluding hydrogens is 459 g/mol. The van der Waals surface area contributed by atoms with Crippen LogP contribution in [0, 0.1) is 5.41 Å². The van der Waals surface area contributed by atoms with Crippen molar-refractivity contribution in [1.29, 1.82) is 0 Å². The Balaban J connectivity index is 0.00000216. The van der Waals surface area contributed by atoms with Gasteiger partial charge in [0.1, 0.15) is 11.3 Å². The number of hydrogen-bond acceptors (Lipinski definition) is 5. The lowest BCUT2D eigenvalue weighted by Crippen LogP contribution is -2.69. The number of rotatable bonds is 2. The molecule has 0 bridgehead atoms. The minimum absolute atomic E-state index is 0. The number of nitrogens with one attached hydrogen (secondary N) is 2. The third-order valence-corrected chi connectivity index (χ3v) is 7.08. The number of piperidine rings is 1. The van der Waals surface area contributed by atoms with E-state index in [4.69, 9.17) is 11.6 Å². The predicted molar refractivity (Wildman–Crippen MR) is 123 cm³/mol. The van der Waals surface area contributed by atoms with Crippen LogP contribution in [0.4, 0.5) is 14.6 Å². The number of aromatic nitrogens is 5. The molecule has 0 atom stereocenters. The molecule has 2 N–H and O–H groups in total. The van der Waals surface area contributed by atoms with Gasteiger partial charge in [0.2, 0.25) is 0 Å². The summed E-state index contributed by atoms with van der Waals surface area (Å²) in [5, 5.41) is 8.82. The van der Waals surface area contributed by atoms with Gasteiger partial charge < -0.3 is 15.2 Å². The van der Waals surface area contributed by atoms with Crippen molar-refractivity contribution in [3.05, 3.63) is 35.7 Å². The molecule has 2 saturated heterocycles. The van der Waals surface area contributed by atoms with E-state index in [0.717, 1.165) is 22.0 Å². The maximum absolute atomic E-state index is 14.8. The van der Waals surface area contributed by atoms with Crippen molar-refractivity contribution in [1.82, 2.24) is 30.0 Å². The summed E-state index contributed by atoms with van der Waals surface area (Å²) in [7, 11) is 1.85. The zero-order valence-electron chi connectivity index (χ0n) is 17.2. The molecule has 0 amide bonds. The first-order valence-electron chi connectivity index (χ1n) is 10.2. The molecule has 11 heteroatoms. The normalized spacial score (nSPS) is 19.3. The Labute approximate surface area is 193 Å². The van der Waals surface area contributed by atoms with Gasteiger partial charge in [0.25, 0.3) is 5.92 Å². The average molecular weight is 480 g/mol. The SMILES string of the molecule is Cl.Cn1cc2c(Cl)c(-c3c[nH]c4nc(N5CCC6(CNC6)C(F)(F)C5)cnc34)ccc2n1. The number of anilines is 1. The number of fused-ring (bicyclic) bond motifs is 2. The van der Waals surface area contributed by atoms with Crippen molar-refractivity contribution in [3.63, 3.8) is 0 Å². The molecule has 2 aliphatic heterocycles. The molecule has 1 spiro atoms. The third-order valence-electron chi connectivity index (χ3n) is 6.67. The van der Waals surface area contributed by atoms with Gasteiger partial charge in [-0.05, 0) is 12.5 Å². The number of halogens is 4. The van der Waals surface area contributed by atoms with Crippen LogP contribution in [0.5, 0.6) is 0 Å². The van der Waals surface area contributed by atoms with Gasteiger partial charge in [0.15, 0.2) is 5.65 Å². The zero-order chi connectivity index (χ0) is 21.4. The topological polar surface area (TPSA) is 74.7 Å². The maximum Gasteiger partial charge on any atom is 0.273 e. The molecule has 5 heterocycles. The van der Waals surface area contributed by atoms with E-state index in [-0.39, 0.29) is 19.0 Å². The van der Waals surface area contributed by atoms with E-state index in [0.29, 0.717) is 48.1 Å². The smallest absolute Gasteiger partial charge is 0.273 e. The lowest BCUT2D eigenvalue weighted by atomic mass is 9.70. The molecule has 0 aliphatic carbocycles. The summed E-state index contributed by atoms with van der Waals surface area (Å²) in [4.78, 5) is 13.9. The number of hydrogen-bond donors (Lipinski definition) is 2. The molecular formula is C21H21Cl2F2N7. The summed E-state index contributed by atoms with van der Waals surface area (Å²) in [5.74, 6) is -2.31. The Bertz CT molecular complexity index is 1330. The molecule has 3 aromatic heterocycles. The van der Waals surface area contributed by atoms with Crippen molar-refractivity contribution in [2.75, 3.05) is 31.1 Å². The number of nitrogens with zero attached hydrogens (tertiary/aromatic N) is 5. The van der Waals surface area contributed by atoms with Gasteiger partial charge in [-0.1, -0.05) is 17.7 Å². The van der Waals surface area contributed by atoms with Crippen molar-refractivity contribution in [2.24, 2.45) is 12.5 Å². The fourth-order valence-corrected chi connectivity index (χ4v) is 5.02. The highest BCUT2D eigenvalue weighted by molar-refractivity contribution is 6.38. The third kappa shape index (κ3) is 2.98. The highest BCUT2D eigenvalue weighted by Crippen LogP contribution is 2.47. The van der Waals surface area contributed by atoms with Crippen LogP contribution in [0.15, 0.2) is 30.7 Å². The minimum atomic E-state index is -2.76. The van der Waals surface area contributed by atoms with Crippen LogP contribution in [0.25, 0.3) is 33.2 Å². The Morgan fingerprint density at radius 3 is 2.72 bits per heavy atom. The van der Waals surface area contributed by atoms with E-state index >= 15 is 0 Å². The number of aromatic amines is 1. The van der Waals surface area contributed by atoms with Gasteiger partial charge in [-0.25, -0.2) is 18.7 Å². The van der Waals surface area contributed by atoms with Crippen LogP contribution < -0.4 is 10.2 Å². The average Bonchev–Trinajstić information content (AvgIpc) is 3.29. The summed E-state index contributed by atoms with van der Waals surface area (Å²) >= 11 is 6.67. The maximum atomic E-state index is 14.8. The zero-order valence-corrected chi connectivity index (χ0v) is 18.8. The van der Waals surface area contributed by atoms with E-state index in [1.807, 2.05) is 25.4 Å². The lowest BCUT2D eigenvalue weighted by molar-refractivity contribution is -0.154. The molecule has 168 valence electrons. The summed E-state index contributed by atoms with van der Waals surface area (Å²) < 4.78 is 31.3. The molecule has 2 fully saturated rings. The number of alkyl halides is 2. The molecule has 6 rings (SSSR count). The van der Waals surface area contributed by atoms with Crippen LogP contribution in [0.3, 0.4) is 0 Å². The van der Waals surface area contributed by atoms with Gasteiger partial charge >= 0.3 is 0 Å². The van der Waals surface area contributed by atoms with E-state index in [9.17, 15) is 8.78 Å². The number of H-pyrrole nitrogens is 1. The summed E-state index contributed by atoms with van der Waals surface area (Å²) in [6.45, 7) is 0.946. The Morgan fingerprint density at radius 1 is 1.19 bits per heavy atom. The van der Waals surface area contributed by atoms with Crippen molar-refractivity contribution in [3.8, 4) is 11.1 Å².